The summed E-state index contributed by atoms with van der Waals surface area (Å²) in [5.41, 5.74) is 0. The maximum absolute atomic E-state index is 12.5. The SMILES string of the molecule is CC(CC1CCCC1)C(=O)N1C[C@H]2CNC[C@H]2C1.Cl. The second-order valence-electron chi connectivity index (χ2n) is 6.71. The molecule has 0 bridgehead atoms. The van der Waals surface area contributed by atoms with Gasteiger partial charge in [-0.05, 0) is 24.2 Å². The Labute approximate surface area is 122 Å². The molecule has 110 valence electrons. The van der Waals surface area contributed by atoms with Crippen LogP contribution in [0.15, 0.2) is 0 Å². The van der Waals surface area contributed by atoms with Crippen molar-refractivity contribution in [2.75, 3.05) is 26.2 Å². The molecule has 4 heteroatoms. The van der Waals surface area contributed by atoms with E-state index in [-0.39, 0.29) is 18.3 Å². The Morgan fingerprint density at radius 3 is 2.37 bits per heavy atom. The van der Waals surface area contributed by atoms with Gasteiger partial charge in [0, 0.05) is 32.1 Å². The van der Waals surface area contributed by atoms with Gasteiger partial charge < -0.3 is 10.2 Å². The molecular weight excluding hydrogens is 260 g/mol. The molecule has 2 heterocycles. The van der Waals surface area contributed by atoms with Gasteiger partial charge in [-0.25, -0.2) is 0 Å². The van der Waals surface area contributed by atoms with Gasteiger partial charge in [-0.2, -0.15) is 0 Å². The Bertz CT molecular complexity index is 305. The number of hydrogen-bond acceptors (Lipinski definition) is 2. The number of likely N-dealkylation sites (tertiary alicyclic amines) is 1. The van der Waals surface area contributed by atoms with Gasteiger partial charge in [0.15, 0.2) is 0 Å². The Morgan fingerprint density at radius 1 is 1.21 bits per heavy atom. The molecule has 0 spiro atoms. The van der Waals surface area contributed by atoms with Gasteiger partial charge in [-0.3, -0.25) is 4.79 Å². The quantitative estimate of drug-likeness (QED) is 0.863. The standard InChI is InChI=1S/C15H26N2O.ClH/c1-11(6-12-4-2-3-5-12)15(18)17-9-13-7-16-8-14(13)10-17;/h11-14,16H,2-10H2,1H3;1H/t11?,13-,14+;. The first kappa shape index (κ1) is 15.1. The summed E-state index contributed by atoms with van der Waals surface area (Å²) in [4.78, 5) is 14.6. The predicted molar refractivity (Wildman–Crippen MR) is 79.4 cm³/mol. The van der Waals surface area contributed by atoms with Crippen LogP contribution in [0.25, 0.3) is 0 Å². The minimum absolute atomic E-state index is 0. The maximum Gasteiger partial charge on any atom is 0.225 e. The molecule has 0 aromatic rings. The molecule has 0 aromatic carbocycles. The summed E-state index contributed by atoms with van der Waals surface area (Å²) in [5, 5.41) is 3.43. The number of halogens is 1. The van der Waals surface area contributed by atoms with E-state index in [2.05, 4.69) is 17.1 Å². The second kappa shape index (κ2) is 6.45. The lowest BCUT2D eigenvalue weighted by molar-refractivity contribution is -0.134. The van der Waals surface area contributed by atoms with E-state index in [0.29, 0.717) is 5.91 Å². The van der Waals surface area contributed by atoms with Gasteiger partial charge in [-0.15, -0.1) is 12.4 Å². The van der Waals surface area contributed by atoms with Crippen molar-refractivity contribution in [2.24, 2.45) is 23.7 Å². The predicted octanol–water partition coefficient (Wildman–Crippen LogP) is 2.30. The normalized spacial score (nSPS) is 32.2. The summed E-state index contributed by atoms with van der Waals surface area (Å²) in [6.45, 7) is 6.39. The number of carbonyl (C=O) groups excluding carboxylic acids is 1. The molecule has 0 aromatic heterocycles. The van der Waals surface area contributed by atoms with Crippen LogP contribution in [0.4, 0.5) is 0 Å². The Kier molecular flexibility index (Phi) is 5.13. The molecule has 1 N–H and O–H groups in total. The van der Waals surface area contributed by atoms with Crippen LogP contribution in [-0.2, 0) is 4.79 Å². The van der Waals surface area contributed by atoms with Gasteiger partial charge in [-0.1, -0.05) is 32.6 Å². The molecular formula is C15H27ClN2O. The Hall–Kier alpha value is -0.280. The highest BCUT2D eigenvalue weighted by Gasteiger charge is 2.39. The van der Waals surface area contributed by atoms with Gasteiger partial charge >= 0.3 is 0 Å². The monoisotopic (exact) mass is 286 g/mol. The smallest absolute Gasteiger partial charge is 0.225 e. The van der Waals surface area contributed by atoms with E-state index in [1.165, 1.54) is 25.7 Å². The third-order valence-electron chi connectivity index (χ3n) is 5.28. The van der Waals surface area contributed by atoms with Crippen molar-refractivity contribution in [3.8, 4) is 0 Å². The first-order chi connectivity index (χ1) is 8.74. The minimum atomic E-state index is 0. The van der Waals surface area contributed by atoms with Gasteiger partial charge in [0.2, 0.25) is 5.91 Å². The van der Waals surface area contributed by atoms with Crippen molar-refractivity contribution < 1.29 is 4.79 Å². The Morgan fingerprint density at radius 2 is 1.79 bits per heavy atom. The zero-order valence-corrected chi connectivity index (χ0v) is 12.8. The van der Waals surface area contributed by atoms with E-state index in [1.807, 2.05) is 0 Å². The molecule has 2 saturated heterocycles. The van der Waals surface area contributed by atoms with Crippen molar-refractivity contribution in [1.82, 2.24) is 10.2 Å². The highest BCUT2D eigenvalue weighted by atomic mass is 35.5. The molecule has 3 rings (SSSR count). The average Bonchev–Trinajstić information content (AvgIpc) is 3.02. The van der Waals surface area contributed by atoms with Crippen molar-refractivity contribution >= 4 is 18.3 Å². The number of hydrogen-bond donors (Lipinski definition) is 1. The Balaban J connectivity index is 0.00000133. The zero-order valence-electron chi connectivity index (χ0n) is 11.9. The number of carbonyl (C=O) groups is 1. The maximum atomic E-state index is 12.5. The van der Waals surface area contributed by atoms with Crippen LogP contribution in [-0.4, -0.2) is 37.0 Å². The molecule has 1 unspecified atom stereocenters. The van der Waals surface area contributed by atoms with E-state index < -0.39 is 0 Å². The largest absolute Gasteiger partial charge is 0.342 e. The van der Waals surface area contributed by atoms with E-state index >= 15 is 0 Å². The third kappa shape index (κ3) is 3.25. The minimum Gasteiger partial charge on any atom is -0.342 e. The fourth-order valence-corrected chi connectivity index (χ4v) is 4.19. The van der Waals surface area contributed by atoms with Crippen LogP contribution in [0, 0.1) is 23.7 Å². The highest BCUT2D eigenvalue weighted by molar-refractivity contribution is 5.85. The summed E-state index contributed by atoms with van der Waals surface area (Å²) in [7, 11) is 0. The summed E-state index contributed by atoms with van der Waals surface area (Å²) in [6.07, 6.45) is 6.60. The van der Waals surface area contributed by atoms with Crippen molar-refractivity contribution in [2.45, 2.75) is 39.0 Å². The van der Waals surface area contributed by atoms with Crippen molar-refractivity contribution in [3.63, 3.8) is 0 Å². The number of nitrogens with zero attached hydrogens (tertiary/aromatic N) is 1. The van der Waals surface area contributed by atoms with Gasteiger partial charge in [0.1, 0.15) is 0 Å². The lowest BCUT2D eigenvalue weighted by atomic mass is 9.93. The molecule has 3 aliphatic rings. The topological polar surface area (TPSA) is 32.3 Å². The molecule has 3 nitrogen and oxygen atoms in total. The summed E-state index contributed by atoms with van der Waals surface area (Å²) in [5.74, 6) is 2.96. The van der Waals surface area contributed by atoms with E-state index in [0.717, 1.165) is 50.4 Å². The second-order valence-corrected chi connectivity index (χ2v) is 6.71. The van der Waals surface area contributed by atoms with E-state index in [4.69, 9.17) is 0 Å². The molecule has 1 aliphatic carbocycles. The first-order valence-electron chi connectivity index (χ1n) is 7.73. The van der Waals surface area contributed by atoms with Crippen molar-refractivity contribution in [1.29, 1.82) is 0 Å². The van der Waals surface area contributed by atoms with Crippen LogP contribution >= 0.6 is 12.4 Å². The molecule has 1 amide bonds. The summed E-state index contributed by atoms with van der Waals surface area (Å²) < 4.78 is 0. The molecule has 1 saturated carbocycles. The van der Waals surface area contributed by atoms with Crippen LogP contribution in [0.5, 0.6) is 0 Å². The molecule has 3 atom stereocenters. The summed E-state index contributed by atoms with van der Waals surface area (Å²) in [6, 6.07) is 0. The fraction of sp³-hybridized carbons (Fsp3) is 0.933. The molecule has 0 radical (unpaired) electrons. The number of fused-ring (bicyclic) bond motifs is 1. The first-order valence-corrected chi connectivity index (χ1v) is 7.73. The van der Waals surface area contributed by atoms with Gasteiger partial charge in [0.05, 0.1) is 0 Å². The van der Waals surface area contributed by atoms with Crippen LogP contribution in [0.1, 0.15) is 39.0 Å². The zero-order chi connectivity index (χ0) is 12.5. The van der Waals surface area contributed by atoms with E-state index in [1.54, 1.807) is 0 Å². The van der Waals surface area contributed by atoms with Crippen LogP contribution in [0.3, 0.4) is 0 Å². The fourth-order valence-electron chi connectivity index (χ4n) is 4.19. The number of nitrogens with one attached hydrogen (secondary N) is 1. The third-order valence-corrected chi connectivity index (χ3v) is 5.28. The van der Waals surface area contributed by atoms with Gasteiger partial charge in [0.25, 0.3) is 0 Å². The van der Waals surface area contributed by atoms with Crippen LogP contribution in [0.2, 0.25) is 0 Å². The van der Waals surface area contributed by atoms with Crippen molar-refractivity contribution in [3.05, 3.63) is 0 Å². The lowest BCUT2D eigenvalue weighted by Crippen LogP contribution is -2.36. The van der Waals surface area contributed by atoms with E-state index in [9.17, 15) is 4.79 Å². The number of amides is 1. The average molecular weight is 287 g/mol. The highest BCUT2D eigenvalue weighted by Crippen LogP contribution is 2.32. The lowest BCUT2D eigenvalue weighted by Gasteiger charge is -2.23. The van der Waals surface area contributed by atoms with Crippen LogP contribution < -0.4 is 5.32 Å². The molecule has 19 heavy (non-hydrogen) atoms. The molecule has 2 aliphatic heterocycles. The number of rotatable bonds is 3. The summed E-state index contributed by atoms with van der Waals surface area (Å²) >= 11 is 0. The molecule has 3 fully saturated rings.